The maximum absolute atomic E-state index is 13.1. The number of nitrogens with two attached hydrogens (primary N) is 1. The van der Waals surface area contributed by atoms with Gasteiger partial charge >= 0.3 is 0 Å². The third-order valence-corrected chi connectivity index (χ3v) is 6.12. The summed E-state index contributed by atoms with van der Waals surface area (Å²) in [6.45, 7) is 2.05. The van der Waals surface area contributed by atoms with Crippen molar-refractivity contribution in [3.8, 4) is 22.4 Å². The Balaban J connectivity index is 1.70. The molecular weight excluding hydrogens is 430 g/mol. The van der Waals surface area contributed by atoms with Gasteiger partial charge in [-0.05, 0) is 42.3 Å². The fourth-order valence-electron chi connectivity index (χ4n) is 3.38. The molecule has 0 saturated carbocycles. The summed E-state index contributed by atoms with van der Waals surface area (Å²) in [6.07, 6.45) is 0. The molecule has 1 heterocycles. The predicted molar refractivity (Wildman–Crippen MR) is 134 cm³/mol. The fourth-order valence-corrected chi connectivity index (χ4v) is 4.17. The minimum absolute atomic E-state index is 0.101. The van der Waals surface area contributed by atoms with Crippen LogP contribution in [0.2, 0.25) is 0 Å². The van der Waals surface area contributed by atoms with E-state index in [1.165, 1.54) is 17.3 Å². The molecule has 2 amide bonds. The maximum atomic E-state index is 13.1. The SMILES string of the molecule is Cc1ccc(-c2cc(NC(=O)c3ccccc3SCC(N)=O)nc(-c3ccccc3)c2)cc1. The molecule has 0 aliphatic carbocycles. The highest BCUT2D eigenvalue weighted by Gasteiger charge is 2.15. The zero-order valence-corrected chi connectivity index (χ0v) is 18.9. The van der Waals surface area contributed by atoms with Crippen molar-refractivity contribution in [2.45, 2.75) is 11.8 Å². The van der Waals surface area contributed by atoms with Crippen LogP contribution in [0.5, 0.6) is 0 Å². The van der Waals surface area contributed by atoms with Gasteiger partial charge in [-0.25, -0.2) is 4.98 Å². The Morgan fingerprint density at radius 2 is 1.55 bits per heavy atom. The molecule has 3 aromatic carbocycles. The molecule has 0 spiro atoms. The first-order valence-electron chi connectivity index (χ1n) is 10.5. The zero-order chi connectivity index (χ0) is 23.2. The van der Waals surface area contributed by atoms with E-state index >= 15 is 0 Å². The van der Waals surface area contributed by atoms with E-state index in [4.69, 9.17) is 10.7 Å². The average Bonchev–Trinajstić information content (AvgIpc) is 2.83. The summed E-state index contributed by atoms with van der Waals surface area (Å²) < 4.78 is 0. The molecule has 0 atom stereocenters. The van der Waals surface area contributed by atoms with Gasteiger partial charge in [0.15, 0.2) is 0 Å². The fraction of sp³-hybridized carbons (Fsp3) is 0.0741. The van der Waals surface area contributed by atoms with Crippen molar-refractivity contribution in [1.82, 2.24) is 4.98 Å². The van der Waals surface area contributed by atoms with E-state index < -0.39 is 5.91 Å². The van der Waals surface area contributed by atoms with E-state index in [0.29, 0.717) is 16.3 Å². The number of aromatic nitrogens is 1. The van der Waals surface area contributed by atoms with Gasteiger partial charge in [0.25, 0.3) is 5.91 Å². The van der Waals surface area contributed by atoms with Crippen molar-refractivity contribution in [2.24, 2.45) is 5.73 Å². The second-order valence-electron chi connectivity index (χ2n) is 7.56. The minimum Gasteiger partial charge on any atom is -0.369 e. The van der Waals surface area contributed by atoms with Gasteiger partial charge in [-0.15, -0.1) is 11.8 Å². The third kappa shape index (κ3) is 5.67. The first-order valence-corrected chi connectivity index (χ1v) is 11.4. The van der Waals surface area contributed by atoms with Crippen LogP contribution < -0.4 is 11.1 Å². The second-order valence-corrected chi connectivity index (χ2v) is 8.58. The Morgan fingerprint density at radius 1 is 0.848 bits per heavy atom. The summed E-state index contributed by atoms with van der Waals surface area (Å²) in [6, 6.07) is 29.1. The molecular formula is C27H23N3O2S. The molecule has 0 saturated heterocycles. The van der Waals surface area contributed by atoms with E-state index in [9.17, 15) is 9.59 Å². The Morgan fingerprint density at radius 3 is 2.27 bits per heavy atom. The number of benzene rings is 3. The molecule has 164 valence electrons. The van der Waals surface area contributed by atoms with Gasteiger partial charge < -0.3 is 11.1 Å². The monoisotopic (exact) mass is 453 g/mol. The summed E-state index contributed by atoms with van der Waals surface area (Å²) in [7, 11) is 0. The van der Waals surface area contributed by atoms with Gasteiger partial charge in [0, 0.05) is 10.5 Å². The predicted octanol–water partition coefficient (Wildman–Crippen LogP) is 5.55. The van der Waals surface area contributed by atoms with Crippen LogP contribution in [0.3, 0.4) is 0 Å². The van der Waals surface area contributed by atoms with Gasteiger partial charge in [-0.3, -0.25) is 9.59 Å². The van der Waals surface area contributed by atoms with E-state index in [0.717, 1.165) is 22.4 Å². The lowest BCUT2D eigenvalue weighted by Crippen LogP contribution is -2.16. The highest BCUT2D eigenvalue weighted by Crippen LogP contribution is 2.29. The number of carbonyl (C=O) groups excluding carboxylic acids is 2. The molecule has 0 bridgehead atoms. The van der Waals surface area contributed by atoms with Crippen LogP contribution in [-0.4, -0.2) is 22.6 Å². The zero-order valence-electron chi connectivity index (χ0n) is 18.1. The van der Waals surface area contributed by atoms with Crippen molar-refractivity contribution < 1.29 is 9.59 Å². The Bertz CT molecular complexity index is 1290. The highest BCUT2D eigenvalue weighted by atomic mass is 32.2. The molecule has 3 N–H and O–H groups in total. The van der Waals surface area contributed by atoms with Gasteiger partial charge in [0.05, 0.1) is 17.0 Å². The molecule has 0 radical (unpaired) electrons. The Hall–Kier alpha value is -3.90. The number of anilines is 1. The Kier molecular flexibility index (Phi) is 6.86. The summed E-state index contributed by atoms with van der Waals surface area (Å²) in [4.78, 5) is 29.7. The molecule has 4 rings (SSSR count). The highest BCUT2D eigenvalue weighted by molar-refractivity contribution is 8.00. The van der Waals surface area contributed by atoms with Gasteiger partial charge in [0.2, 0.25) is 5.91 Å². The second kappa shape index (κ2) is 10.1. The summed E-state index contributed by atoms with van der Waals surface area (Å²) in [5.74, 6) is -0.180. The van der Waals surface area contributed by atoms with Crippen LogP contribution in [-0.2, 0) is 4.79 Å². The lowest BCUT2D eigenvalue weighted by Gasteiger charge is -2.12. The number of aryl methyl sites for hydroxylation is 1. The van der Waals surface area contributed by atoms with Crippen LogP contribution in [0.4, 0.5) is 5.82 Å². The van der Waals surface area contributed by atoms with Crippen molar-refractivity contribution in [2.75, 3.05) is 11.1 Å². The smallest absolute Gasteiger partial charge is 0.257 e. The van der Waals surface area contributed by atoms with E-state index in [-0.39, 0.29) is 11.7 Å². The van der Waals surface area contributed by atoms with Gasteiger partial charge in [-0.1, -0.05) is 72.3 Å². The van der Waals surface area contributed by atoms with Crippen LogP contribution in [0, 0.1) is 6.92 Å². The quantitative estimate of drug-likeness (QED) is 0.359. The third-order valence-electron chi connectivity index (χ3n) is 5.02. The summed E-state index contributed by atoms with van der Waals surface area (Å²) in [5, 5.41) is 2.94. The van der Waals surface area contributed by atoms with Crippen LogP contribution in [0.1, 0.15) is 15.9 Å². The number of carbonyl (C=O) groups is 2. The molecule has 0 fully saturated rings. The molecule has 4 aromatic rings. The summed E-state index contributed by atoms with van der Waals surface area (Å²) >= 11 is 1.24. The van der Waals surface area contributed by atoms with E-state index in [1.807, 2.05) is 55.5 Å². The van der Waals surface area contributed by atoms with E-state index in [1.54, 1.807) is 18.2 Å². The number of hydrogen-bond acceptors (Lipinski definition) is 4. The van der Waals surface area contributed by atoms with Crippen LogP contribution in [0.25, 0.3) is 22.4 Å². The Labute approximate surface area is 197 Å². The standard InChI is InChI=1S/C27H23N3O2S/c1-18-11-13-19(14-12-18)21-15-23(20-7-3-2-4-8-20)29-26(16-21)30-27(32)22-9-5-6-10-24(22)33-17-25(28)31/h2-16H,17H2,1H3,(H2,28,31)(H,29,30,32). The summed E-state index contributed by atoms with van der Waals surface area (Å²) in [5.41, 5.74) is 10.6. The minimum atomic E-state index is -0.435. The number of nitrogens with one attached hydrogen (secondary N) is 1. The number of amides is 2. The largest absolute Gasteiger partial charge is 0.369 e. The number of primary amides is 1. The lowest BCUT2D eigenvalue weighted by atomic mass is 10.0. The van der Waals surface area contributed by atoms with Crippen molar-refractivity contribution >= 4 is 29.4 Å². The van der Waals surface area contributed by atoms with Crippen molar-refractivity contribution in [3.05, 3.63) is 102 Å². The number of hydrogen-bond donors (Lipinski definition) is 2. The normalized spacial score (nSPS) is 10.6. The number of rotatable bonds is 7. The lowest BCUT2D eigenvalue weighted by molar-refractivity contribution is -0.115. The van der Waals surface area contributed by atoms with Crippen LogP contribution in [0.15, 0.2) is 95.9 Å². The molecule has 33 heavy (non-hydrogen) atoms. The van der Waals surface area contributed by atoms with Gasteiger partial charge in [-0.2, -0.15) is 0 Å². The average molecular weight is 454 g/mol. The van der Waals surface area contributed by atoms with Crippen molar-refractivity contribution in [3.63, 3.8) is 0 Å². The first kappa shape index (κ1) is 22.3. The van der Waals surface area contributed by atoms with Gasteiger partial charge in [0.1, 0.15) is 5.82 Å². The molecule has 1 aromatic heterocycles. The van der Waals surface area contributed by atoms with E-state index in [2.05, 4.69) is 29.6 Å². The first-order chi connectivity index (χ1) is 16.0. The molecule has 0 aliphatic rings. The number of nitrogens with zero attached hydrogens (tertiary/aromatic N) is 1. The molecule has 0 unspecified atom stereocenters. The molecule has 6 heteroatoms. The maximum Gasteiger partial charge on any atom is 0.257 e. The number of thioether (sulfide) groups is 1. The van der Waals surface area contributed by atoms with Crippen molar-refractivity contribution in [1.29, 1.82) is 0 Å². The topological polar surface area (TPSA) is 85.1 Å². The molecule has 5 nitrogen and oxygen atoms in total. The molecule has 0 aliphatic heterocycles. The number of pyridine rings is 1. The van der Waals surface area contributed by atoms with Crippen LogP contribution >= 0.6 is 11.8 Å².